The van der Waals surface area contributed by atoms with E-state index in [1.165, 1.54) is 4.31 Å². The summed E-state index contributed by atoms with van der Waals surface area (Å²) < 4.78 is 34.6. The van der Waals surface area contributed by atoms with Crippen molar-refractivity contribution in [3.05, 3.63) is 101 Å². The van der Waals surface area contributed by atoms with Gasteiger partial charge in [0.25, 0.3) is 0 Å². The fourth-order valence-corrected chi connectivity index (χ4v) is 9.61. The van der Waals surface area contributed by atoms with E-state index in [0.717, 1.165) is 56.2 Å². The molecule has 37 heavy (non-hydrogen) atoms. The first-order valence-corrected chi connectivity index (χ1v) is 14.1. The van der Waals surface area contributed by atoms with Crippen LogP contribution < -0.4 is 0 Å². The number of fused-ring (bicyclic) bond motifs is 1. The van der Waals surface area contributed by atoms with Gasteiger partial charge in [0, 0.05) is 35.1 Å². The molecule has 7 rings (SSSR count). The Morgan fingerprint density at radius 2 is 1.49 bits per heavy atom. The quantitative estimate of drug-likeness (QED) is 0.263. The molecular weight excluding hydrogens is 486 g/mol. The predicted molar refractivity (Wildman–Crippen MR) is 146 cm³/mol. The summed E-state index contributed by atoms with van der Waals surface area (Å²) in [6, 6.07) is 17.6. The summed E-state index contributed by atoms with van der Waals surface area (Å²) in [5.74, 6) is 0. The van der Waals surface area contributed by atoms with E-state index < -0.39 is 11.2 Å². The molecule has 1 spiro atoms. The van der Waals surface area contributed by atoms with Crippen molar-refractivity contribution in [3.63, 3.8) is 0 Å². The van der Waals surface area contributed by atoms with E-state index in [-0.39, 0.29) is 22.0 Å². The second-order valence-corrected chi connectivity index (χ2v) is 12.5. The molecule has 0 bridgehead atoms. The first-order chi connectivity index (χ1) is 17.8. The maximum absolute atomic E-state index is 16.6. The predicted octanol–water partition coefficient (Wildman–Crippen LogP) is 7.85. The van der Waals surface area contributed by atoms with Crippen LogP contribution in [0.1, 0.15) is 39.7 Å². The van der Waals surface area contributed by atoms with Gasteiger partial charge < -0.3 is 0 Å². The second kappa shape index (κ2) is 7.62. The molecule has 4 unspecified atom stereocenters. The Bertz CT molecular complexity index is 1490. The third-order valence-corrected chi connectivity index (χ3v) is 10.9. The topological polar surface area (TPSA) is 29.0 Å². The summed E-state index contributed by atoms with van der Waals surface area (Å²) in [6.45, 7) is 7.96. The van der Waals surface area contributed by atoms with Crippen LogP contribution in [0.3, 0.4) is 0 Å². The zero-order chi connectivity index (χ0) is 25.7. The maximum Gasteiger partial charge on any atom is 0.311 e. The molecule has 4 aliphatic heterocycles. The molecule has 4 nitrogen and oxygen atoms in total. The van der Waals surface area contributed by atoms with Crippen molar-refractivity contribution in [1.29, 1.82) is 0 Å². The summed E-state index contributed by atoms with van der Waals surface area (Å²) in [5, 5.41) is 0. The lowest BCUT2D eigenvalue weighted by molar-refractivity contribution is -0.642. The number of rotatable bonds is 3. The summed E-state index contributed by atoms with van der Waals surface area (Å²) in [5.41, 5.74) is 9.06. The molecule has 6 heterocycles. The Kier molecular flexibility index (Phi) is 4.71. The molecule has 1 aromatic carbocycles. The molecule has 1 saturated heterocycles. The highest BCUT2D eigenvalue weighted by atomic mass is 32.3. The number of nitrogens with zero attached hydrogens (tertiary/aromatic N) is 4. The van der Waals surface area contributed by atoms with Gasteiger partial charge in [0.05, 0.1) is 22.7 Å². The van der Waals surface area contributed by atoms with Gasteiger partial charge in [0.1, 0.15) is 0 Å². The lowest BCUT2D eigenvalue weighted by atomic mass is 9.91. The monoisotopic (exact) mass is 515 g/mol. The van der Waals surface area contributed by atoms with Gasteiger partial charge in [-0.15, -0.1) is 0 Å². The van der Waals surface area contributed by atoms with Crippen molar-refractivity contribution in [3.8, 4) is 22.5 Å². The highest BCUT2D eigenvalue weighted by Crippen LogP contribution is 2.83. The van der Waals surface area contributed by atoms with Crippen LogP contribution in [-0.2, 0) is 0 Å². The molecule has 0 radical (unpaired) electrons. The summed E-state index contributed by atoms with van der Waals surface area (Å²) in [7, 11) is 0. The van der Waals surface area contributed by atoms with Gasteiger partial charge >= 0.3 is 11.2 Å². The highest BCUT2D eigenvalue weighted by Gasteiger charge is 2.83. The Morgan fingerprint density at radius 1 is 0.892 bits per heavy atom. The molecule has 2 aromatic heterocycles. The largest absolute Gasteiger partial charge is 0.311 e. The minimum absolute atomic E-state index is 0.123. The fourth-order valence-electron chi connectivity index (χ4n) is 6.88. The van der Waals surface area contributed by atoms with Gasteiger partial charge in [0.2, 0.25) is 0 Å². The molecular formula is C30H29F2N4S+. The lowest BCUT2D eigenvalue weighted by Gasteiger charge is -2.46. The van der Waals surface area contributed by atoms with E-state index in [1.54, 1.807) is 12.4 Å². The number of quaternary nitrogens is 1. The molecule has 1 fully saturated rings. The zero-order valence-corrected chi connectivity index (χ0v) is 22.1. The van der Waals surface area contributed by atoms with Gasteiger partial charge in [0.15, 0.2) is 17.8 Å². The van der Waals surface area contributed by atoms with Crippen LogP contribution in [0.2, 0.25) is 0 Å². The van der Waals surface area contributed by atoms with Crippen molar-refractivity contribution < 1.29 is 11.7 Å². The average Bonchev–Trinajstić information content (AvgIpc) is 3.16. The van der Waals surface area contributed by atoms with Crippen molar-refractivity contribution in [2.75, 3.05) is 0 Å². The Labute approximate surface area is 218 Å². The Morgan fingerprint density at radius 3 is 2.05 bits per heavy atom. The SMILES string of the molecule is CC1=CC2C(C)[N+]23C1=C(c1cc(-c2ccccn2)cc(-c2ccccn2)c1)C1=C(C)CC(C)N1S3(F)F. The first kappa shape index (κ1) is 22.9. The van der Waals surface area contributed by atoms with Crippen LogP contribution >= 0.6 is 11.2 Å². The third-order valence-electron chi connectivity index (χ3n) is 8.44. The first-order valence-electron chi connectivity index (χ1n) is 12.8. The summed E-state index contributed by atoms with van der Waals surface area (Å²) in [4.78, 5) is 9.22. The van der Waals surface area contributed by atoms with Gasteiger partial charge in [-0.25, -0.2) is 4.31 Å². The van der Waals surface area contributed by atoms with Crippen LogP contribution in [0.5, 0.6) is 0 Å². The van der Waals surface area contributed by atoms with Crippen LogP contribution in [0.25, 0.3) is 28.1 Å². The van der Waals surface area contributed by atoms with Crippen LogP contribution in [-0.4, -0.2) is 36.3 Å². The zero-order valence-electron chi connectivity index (χ0n) is 21.3. The van der Waals surface area contributed by atoms with Crippen molar-refractivity contribution >= 4 is 16.7 Å². The molecule has 4 atom stereocenters. The standard InChI is InChI=1S/C30H29F2N4S/c1-18-13-20(3)35-29(18)28(30-19(2)14-27-21(4)36(27,30)37(35,31)32)24-16-22(25-9-5-7-11-33-25)15-23(17-24)26-10-6-8-12-34-26/h5-12,14-17,20-21,27H,13H2,1-4H3/q+1. The number of hydrogen-bond donors (Lipinski definition) is 0. The molecule has 0 saturated carbocycles. The second-order valence-electron chi connectivity index (χ2n) is 10.7. The molecule has 0 aliphatic carbocycles. The molecule has 7 heteroatoms. The van der Waals surface area contributed by atoms with Crippen molar-refractivity contribution in [2.24, 2.45) is 0 Å². The van der Waals surface area contributed by atoms with Gasteiger partial charge in [-0.1, -0.05) is 19.9 Å². The number of aromatic nitrogens is 2. The molecule has 3 aromatic rings. The smallest absolute Gasteiger partial charge is 0.256 e. The van der Waals surface area contributed by atoms with E-state index in [2.05, 4.69) is 34.2 Å². The third kappa shape index (κ3) is 2.87. The Balaban J connectivity index is 1.56. The van der Waals surface area contributed by atoms with E-state index >= 15 is 7.77 Å². The number of benzene rings is 1. The molecule has 0 amide bonds. The van der Waals surface area contributed by atoms with Crippen LogP contribution in [0, 0.1) is 0 Å². The van der Waals surface area contributed by atoms with Crippen molar-refractivity contribution in [2.45, 2.75) is 52.2 Å². The number of hydrogen-bond acceptors (Lipinski definition) is 3. The summed E-state index contributed by atoms with van der Waals surface area (Å²) >= 11 is -4.11. The van der Waals surface area contributed by atoms with E-state index in [9.17, 15) is 0 Å². The molecule has 188 valence electrons. The average molecular weight is 516 g/mol. The maximum atomic E-state index is 16.6. The Hall–Kier alpha value is -3.29. The van der Waals surface area contributed by atoms with Crippen LogP contribution in [0.15, 0.2) is 95.6 Å². The van der Waals surface area contributed by atoms with Gasteiger partial charge in [-0.05, 0) is 93.8 Å². The van der Waals surface area contributed by atoms with E-state index in [4.69, 9.17) is 0 Å². The lowest BCUT2D eigenvalue weighted by Crippen LogP contribution is -2.44. The number of allylic oxidation sites excluding steroid dienone is 2. The molecule has 4 aliphatic rings. The van der Waals surface area contributed by atoms with Gasteiger partial charge in [-0.3, -0.25) is 9.97 Å². The van der Waals surface area contributed by atoms with E-state index in [0.29, 0.717) is 6.42 Å². The van der Waals surface area contributed by atoms with Gasteiger partial charge in [-0.2, -0.15) is 3.89 Å². The number of pyridine rings is 2. The highest BCUT2D eigenvalue weighted by molar-refractivity contribution is 8.18. The van der Waals surface area contributed by atoms with Crippen LogP contribution in [0.4, 0.5) is 7.77 Å². The fraction of sp³-hybridized carbons (Fsp3) is 0.267. The molecule has 0 N–H and O–H groups in total. The van der Waals surface area contributed by atoms with Crippen molar-refractivity contribution in [1.82, 2.24) is 14.3 Å². The minimum Gasteiger partial charge on any atom is -0.256 e. The minimum atomic E-state index is -4.11. The normalized spacial score (nSPS) is 30.1. The van der Waals surface area contributed by atoms with E-state index in [1.807, 2.05) is 64.1 Å². The number of halogens is 2. The summed E-state index contributed by atoms with van der Waals surface area (Å²) in [6.07, 6.45) is 6.32.